The zero-order valence-corrected chi connectivity index (χ0v) is 17.8. The minimum absolute atomic E-state index is 0.0696. The highest BCUT2D eigenvalue weighted by atomic mass is 16.3. The molecule has 3 N–H and O–H groups in total. The molecule has 0 aromatic carbocycles. The van der Waals surface area contributed by atoms with Crippen molar-refractivity contribution in [3.05, 3.63) is 35.4 Å². The fourth-order valence-electron chi connectivity index (χ4n) is 4.30. The maximum Gasteiger partial charge on any atom is 0.253 e. The third kappa shape index (κ3) is 3.26. The van der Waals surface area contributed by atoms with Gasteiger partial charge in [-0.2, -0.15) is 5.10 Å². The Kier molecular flexibility index (Phi) is 4.88. The van der Waals surface area contributed by atoms with E-state index in [1.54, 1.807) is 16.9 Å². The van der Waals surface area contributed by atoms with Crippen molar-refractivity contribution in [3.63, 3.8) is 0 Å². The van der Waals surface area contributed by atoms with E-state index in [1.807, 2.05) is 33.8 Å². The largest absolute Gasteiger partial charge is 0.466 e. The number of nitrogens with zero attached hydrogens (tertiary/aromatic N) is 3. The number of furan rings is 1. The van der Waals surface area contributed by atoms with Gasteiger partial charge in [-0.05, 0) is 52.7 Å². The van der Waals surface area contributed by atoms with Crippen LogP contribution in [-0.4, -0.2) is 32.1 Å². The molecule has 4 rings (SSSR count). The first kappa shape index (κ1) is 20.1. The Hall–Kier alpha value is -3.16. The number of fused-ring (bicyclic) bond motifs is 1. The number of hydrogen-bond acceptors (Lipinski definition) is 5. The van der Waals surface area contributed by atoms with Gasteiger partial charge in [-0.25, -0.2) is 9.67 Å². The van der Waals surface area contributed by atoms with Gasteiger partial charge in [0.25, 0.3) is 5.91 Å². The molecule has 0 atom stereocenters. The van der Waals surface area contributed by atoms with E-state index in [1.165, 1.54) is 0 Å². The van der Waals surface area contributed by atoms with Crippen LogP contribution in [0.25, 0.3) is 22.3 Å². The van der Waals surface area contributed by atoms with Gasteiger partial charge in [0.2, 0.25) is 5.91 Å². The molecule has 30 heavy (non-hydrogen) atoms. The van der Waals surface area contributed by atoms with E-state index < -0.39 is 11.4 Å². The Morgan fingerprint density at radius 1 is 1.23 bits per heavy atom. The van der Waals surface area contributed by atoms with E-state index in [9.17, 15) is 9.59 Å². The van der Waals surface area contributed by atoms with Gasteiger partial charge < -0.3 is 15.5 Å². The predicted molar refractivity (Wildman–Crippen MR) is 113 cm³/mol. The summed E-state index contributed by atoms with van der Waals surface area (Å²) >= 11 is 0. The molecule has 3 aromatic rings. The fraction of sp³-hybridized carbons (Fsp3) is 0.455. The molecule has 2 amide bonds. The number of amides is 2. The number of nitrogens with two attached hydrogens (primary N) is 1. The van der Waals surface area contributed by atoms with E-state index in [0.29, 0.717) is 35.1 Å². The van der Waals surface area contributed by atoms with E-state index in [2.05, 4.69) is 10.4 Å². The summed E-state index contributed by atoms with van der Waals surface area (Å²) < 4.78 is 7.46. The average molecular weight is 409 g/mol. The van der Waals surface area contributed by atoms with Gasteiger partial charge >= 0.3 is 0 Å². The van der Waals surface area contributed by atoms with Gasteiger partial charge in [0.1, 0.15) is 17.1 Å². The van der Waals surface area contributed by atoms with Crippen LogP contribution in [-0.2, 0) is 4.79 Å². The molecular formula is C22H27N5O3. The number of rotatable bonds is 5. The van der Waals surface area contributed by atoms with Crippen LogP contribution in [0, 0.1) is 13.8 Å². The van der Waals surface area contributed by atoms with Crippen molar-refractivity contribution in [1.82, 2.24) is 20.1 Å². The highest BCUT2D eigenvalue weighted by Crippen LogP contribution is 2.32. The lowest BCUT2D eigenvalue weighted by Crippen LogP contribution is -2.55. The molecule has 1 aliphatic carbocycles. The van der Waals surface area contributed by atoms with Gasteiger partial charge in [0.15, 0.2) is 5.65 Å². The van der Waals surface area contributed by atoms with E-state index in [0.717, 1.165) is 29.9 Å². The number of pyridine rings is 1. The van der Waals surface area contributed by atoms with Crippen LogP contribution in [0.3, 0.4) is 0 Å². The minimum Gasteiger partial charge on any atom is -0.466 e. The Balaban J connectivity index is 1.86. The number of aromatic nitrogens is 3. The molecule has 158 valence electrons. The lowest BCUT2D eigenvalue weighted by Gasteiger charge is -2.26. The number of aryl methyl sites for hydroxylation is 2. The SMILES string of the molecule is Cc1cc(-c2cc(C(=O)NC3(C(N)=O)CCCC3)c3cnn(C(C)C)c3n2)c(C)o1. The van der Waals surface area contributed by atoms with Crippen molar-refractivity contribution in [2.75, 3.05) is 0 Å². The fourth-order valence-corrected chi connectivity index (χ4v) is 4.30. The van der Waals surface area contributed by atoms with Crippen LogP contribution in [0.5, 0.6) is 0 Å². The maximum atomic E-state index is 13.4. The summed E-state index contributed by atoms with van der Waals surface area (Å²) in [4.78, 5) is 30.3. The molecule has 0 saturated heterocycles. The van der Waals surface area contributed by atoms with Gasteiger partial charge in [0, 0.05) is 11.6 Å². The Labute approximate surface area is 174 Å². The number of carbonyl (C=O) groups excluding carboxylic acids is 2. The molecule has 3 aromatic heterocycles. The molecule has 0 radical (unpaired) electrons. The summed E-state index contributed by atoms with van der Waals surface area (Å²) in [5.41, 5.74) is 7.16. The number of nitrogens with one attached hydrogen (secondary N) is 1. The minimum atomic E-state index is -0.997. The smallest absolute Gasteiger partial charge is 0.253 e. The monoisotopic (exact) mass is 409 g/mol. The second-order valence-electron chi connectivity index (χ2n) is 8.41. The molecule has 0 aliphatic heterocycles. The first-order valence-corrected chi connectivity index (χ1v) is 10.3. The molecule has 0 spiro atoms. The summed E-state index contributed by atoms with van der Waals surface area (Å²) in [7, 11) is 0. The maximum absolute atomic E-state index is 13.4. The zero-order valence-electron chi connectivity index (χ0n) is 17.8. The predicted octanol–water partition coefficient (Wildman–Crippen LogP) is 3.42. The van der Waals surface area contributed by atoms with Crippen LogP contribution in [0.2, 0.25) is 0 Å². The van der Waals surface area contributed by atoms with Gasteiger partial charge in [0.05, 0.1) is 22.8 Å². The van der Waals surface area contributed by atoms with Crippen molar-refractivity contribution < 1.29 is 14.0 Å². The zero-order chi connectivity index (χ0) is 21.6. The Morgan fingerprint density at radius 3 is 2.50 bits per heavy atom. The van der Waals surface area contributed by atoms with E-state index >= 15 is 0 Å². The van der Waals surface area contributed by atoms with E-state index in [-0.39, 0.29) is 11.9 Å². The van der Waals surface area contributed by atoms with Crippen molar-refractivity contribution in [2.24, 2.45) is 5.73 Å². The lowest BCUT2D eigenvalue weighted by atomic mass is 9.95. The third-order valence-electron chi connectivity index (χ3n) is 5.90. The molecule has 1 fully saturated rings. The highest BCUT2D eigenvalue weighted by molar-refractivity contribution is 6.08. The lowest BCUT2D eigenvalue weighted by molar-refractivity contribution is -0.123. The molecule has 0 unspecified atom stereocenters. The summed E-state index contributed by atoms with van der Waals surface area (Å²) in [6.07, 6.45) is 4.49. The summed E-state index contributed by atoms with van der Waals surface area (Å²) in [6, 6.07) is 3.72. The normalized spacial score (nSPS) is 15.8. The molecule has 1 saturated carbocycles. The van der Waals surface area contributed by atoms with Crippen LogP contribution < -0.4 is 11.1 Å². The Morgan fingerprint density at radius 2 is 1.93 bits per heavy atom. The topological polar surface area (TPSA) is 116 Å². The van der Waals surface area contributed by atoms with Crippen LogP contribution in [0.1, 0.15) is 67.5 Å². The summed E-state index contributed by atoms with van der Waals surface area (Å²) in [6.45, 7) is 7.76. The highest BCUT2D eigenvalue weighted by Gasteiger charge is 2.41. The third-order valence-corrected chi connectivity index (χ3v) is 5.90. The number of hydrogen-bond donors (Lipinski definition) is 2. The average Bonchev–Trinajstić information content (AvgIpc) is 3.39. The molecule has 8 heteroatoms. The van der Waals surface area contributed by atoms with E-state index in [4.69, 9.17) is 15.1 Å². The second-order valence-corrected chi connectivity index (χ2v) is 8.41. The van der Waals surface area contributed by atoms with Crippen LogP contribution >= 0.6 is 0 Å². The molecule has 8 nitrogen and oxygen atoms in total. The number of carbonyl (C=O) groups is 2. The van der Waals surface area contributed by atoms with Crippen molar-refractivity contribution in [3.8, 4) is 11.3 Å². The van der Waals surface area contributed by atoms with Crippen molar-refractivity contribution in [2.45, 2.75) is 65.0 Å². The van der Waals surface area contributed by atoms with Gasteiger partial charge in [-0.1, -0.05) is 12.8 Å². The Bertz CT molecular complexity index is 1140. The van der Waals surface area contributed by atoms with Crippen LogP contribution in [0.4, 0.5) is 0 Å². The molecule has 3 heterocycles. The van der Waals surface area contributed by atoms with Crippen molar-refractivity contribution >= 4 is 22.8 Å². The summed E-state index contributed by atoms with van der Waals surface area (Å²) in [5.74, 6) is 0.667. The summed E-state index contributed by atoms with van der Waals surface area (Å²) in [5, 5.41) is 8.02. The van der Waals surface area contributed by atoms with Crippen molar-refractivity contribution in [1.29, 1.82) is 0 Å². The van der Waals surface area contributed by atoms with Gasteiger partial charge in [-0.15, -0.1) is 0 Å². The quantitative estimate of drug-likeness (QED) is 0.670. The van der Waals surface area contributed by atoms with Crippen LogP contribution in [0.15, 0.2) is 22.7 Å². The molecular weight excluding hydrogens is 382 g/mol. The first-order chi connectivity index (χ1) is 14.2. The molecule has 0 bridgehead atoms. The second kappa shape index (κ2) is 7.27. The first-order valence-electron chi connectivity index (χ1n) is 10.3. The molecule has 1 aliphatic rings. The van der Waals surface area contributed by atoms with Gasteiger partial charge in [-0.3, -0.25) is 9.59 Å². The number of primary amides is 1. The standard InChI is InChI=1S/C22H27N5O3/c1-12(2)27-19-17(11-24-27)16(10-18(25-19)15-9-13(3)30-14(15)4)20(28)26-22(21(23)29)7-5-6-8-22/h9-12H,5-8H2,1-4H3,(H2,23,29)(H,26,28).